The number of carbonyl (C=O) groups is 11. The van der Waals surface area contributed by atoms with Gasteiger partial charge in [0.25, 0.3) is 0 Å². The maximum Gasteiger partial charge on any atom is 0.411 e. The Balaban J connectivity index is 1.06. The van der Waals surface area contributed by atoms with E-state index in [-0.39, 0.29) is 80.5 Å². The number of aliphatic imine (C=N–C) groups is 1. The van der Waals surface area contributed by atoms with Crippen molar-refractivity contribution >= 4 is 117 Å². The highest BCUT2D eigenvalue weighted by molar-refractivity contribution is 7.98. The number of hydrogen-bond acceptors (Lipinski definition) is 16. The van der Waals surface area contributed by atoms with E-state index in [9.17, 15) is 43.1 Å². The maximum absolute atomic E-state index is 15.2. The second-order valence-corrected chi connectivity index (χ2v) is 27.8. The van der Waals surface area contributed by atoms with Crippen LogP contribution in [0.4, 0.5) is 13.6 Å². The quantitative estimate of drug-likeness (QED) is 0.0398. The number of carboxylic acid groups (broad SMARTS) is 2. The van der Waals surface area contributed by atoms with E-state index in [1.165, 1.54) is 85.8 Å². The first kappa shape index (κ1) is 78.1. The minimum absolute atomic E-state index is 0.0453. The first-order chi connectivity index (χ1) is 50.3. The SMILES string of the molecule is COc1ccc(C[C@@H]2NC(=O)[C@H](Cc3ncc[nH]3)NC(=O)[C@H](CC(=O)O)NC(=O)[C@H](Cc3c[nH]c4ccc(F)cc34)NC(=O)[C@H](Cc3c[nH]c4ccc(F)cc34)NC(=O)[C@@H](C)NC(=O)[C@H](CCCN=C(N)NC(=O)O)NC(=O)CCSCc3cccc(c3)CSCCNC(=O)[C@]3(C)CCCN3C2=O)cc1. The van der Waals surface area contributed by atoms with E-state index in [2.05, 4.69) is 67.5 Å². The number of rotatable bonds is 15. The number of guanidine groups is 1. The molecule has 2 aliphatic rings. The molecule has 2 bridgehead atoms. The molecule has 9 rings (SSSR count). The number of benzene rings is 4. The molecule has 16 N–H and O–H groups in total. The lowest BCUT2D eigenvalue weighted by Crippen LogP contribution is -2.62. The summed E-state index contributed by atoms with van der Waals surface area (Å²) in [6.07, 6.45) is 2.36. The Morgan fingerprint density at radius 3 is 1.85 bits per heavy atom. The van der Waals surface area contributed by atoms with Crippen LogP contribution in [0.3, 0.4) is 0 Å². The fraction of sp³-hybridized carbons (Fsp3) is 0.394. The van der Waals surface area contributed by atoms with Crippen LogP contribution in [0.2, 0.25) is 0 Å². The number of fused-ring (bicyclic) bond motifs is 5. The van der Waals surface area contributed by atoms with E-state index in [1.807, 2.05) is 29.6 Å². The minimum Gasteiger partial charge on any atom is -0.497 e. The van der Waals surface area contributed by atoms with Crippen molar-refractivity contribution in [1.82, 2.24) is 72.7 Å². The van der Waals surface area contributed by atoms with Crippen molar-refractivity contribution in [3.05, 3.63) is 155 Å². The maximum atomic E-state index is 15.2. The Morgan fingerprint density at radius 2 is 1.26 bits per heavy atom. The molecule has 7 aromatic rings. The van der Waals surface area contributed by atoms with Crippen LogP contribution in [-0.4, -0.2) is 192 Å². The fourth-order valence-electron chi connectivity index (χ4n) is 12.4. The molecule has 5 heterocycles. The third-order valence-corrected chi connectivity index (χ3v) is 19.9. The van der Waals surface area contributed by atoms with Crippen LogP contribution in [0.1, 0.15) is 86.0 Å². The minimum atomic E-state index is -2.04. The van der Waals surface area contributed by atoms with Gasteiger partial charge in [0, 0.05) is 121 Å². The molecule has 0 saturated carbocycles. The van der Waals surface area contributed by atoms with Crippen molar-refractivity contribution in [1.29, 1.82) is 0 Å². The van der Waals surface area contributed by atoms with Gasteiger partial charge in [-0.15, -0.1) is 0 Å². The van der Waals surface area contributed by atoms with Crippen LogP contribution < -0.4 is 58.3 Å². The van der Waals surface area contributed by atoms with Gasteiger partial charge in [-0.2, -0.15) is 23.5 Å². The zero-order valence-electron chi connectivity index (χ0n) is 57.7. The number of nitrogens with one attached hydrogen (secondary N) is 12. The number of aromatic amines is 3. The normalized spacial score (nSPS) is 22.4. The predicted octanol–water partition coefficient (Wildman–Crippen LogP) is 3.25. The van der Waals surface area contributed by atoms with Crippen LogP contribution in [0.5, 0.6) is 5.75 Å². The third kappa shape index (κ3) is 22.0. The van der Waals surface area contributed by atoms with Crippen molar-refractivity contribution in [2.24, 2.45) is 10.7 Å². The van der Waals surface area contributed by atoms with E-state index >= 15 is 23.6 Å². The number of halogens is 2. The van der Waals surface area contributed by atoms with Gasteiger partial charge in [-0.25, -0.2) is 18.6 Å². The molecular weight excluding hydrogens is 1400 g/mol. The summed E-state index contributed by atoms with van der Waals surface area (Å²) in [4.78, 5) is 175. The lowest BCUT2D eigenvalue weighted by molar-refractivity contribution is -0.146. The molecule has 0 spiro atoms. The standard InChI is InChI=1S/C71H84F2N16O14S2/c1-39-61(93)83-53(29-43-35-79-50-16-12-45(72)31-48(43)50)63(95)84-54(30-44-36-80-51-17-13-46(73)32-49(44)51)64(96)86-56(34-60(91)92)66(98)85-55(33-58-75-21-22-76-58)65(97)87-57(28-40-10-14-47(103-3)15-11-40)67(99)89-24-6-19-71(89,2)68(100)77-23-26-105-38-42-8-4-7-41(27-42)37-104-25-18-59(90)82-52(62(94)81-39)9-5-20-78-69(74)88-70(101)102/h4,7-8,10-17,21-22,27,31-32,35-36,39,52-57,79-80H,5-6,9,18-20,23-26,28-30,33-34,37-38H2,1-3H3,(H,75,76)(H,77,100)(H,81,94)(H,82,90)(H,83,93)(H,84,95)(H,85,98)(H,86,96)(H,87,97)(H,91,92)(H,101,102)(H3,74,78,88)/t39-,52+,53+,54+,55+,56+,57+,71+/m1/s1. The first-order valence-electron chi connectivity index (χ1n) is 33.9. The zero-order chi connectivity index (χ0) is 75.3. The summed E-state index contributed by atoms with van der Waals surface area (Å²) in [7, 11) is 1.48. The number of thioether (sulfide) groups is 2. The molecule has 1 saturated heterocycles. The summed E-state index contributed by atoms with van der Waals surface area (Å²) in [5.74, 6) is -8.67. The zero-order valence-corrected chi connectivity index (χ0v) is 59.4. The number of imidazole rings is 1. The van der Waals surface area contributed by atoms with Gasteiger partial charge in [-0.05, 0) is 116 Å². The van der Waals surface area contributed by atoms with Crippen LogP contribution in [-0.2, 0) is 85.1 Å². The predicted molar refractivity (Wildman–Crippen MR) is 387 cm³/mol. The van der Waals surface area contributed by atoms with E-state index in [4.69, 9.17) is 15.6 Å². The molecule has 8 atom stereocenters. The Labute approximate surface area is 609 Å². The van der Waals surface area contributed by atoms with Crippen molar-refractivity contribution in [3.63, 3.8) is 0 Å². The molecule has 105 heavy (non-hydrogen) atoms. The highest BCUT2D eigenvalue weighted by Gasteiger charge is 2.48. The Kier molecular flexibility index (Phi) is 27.5. The average Bonchev–Trinajstić information content (AvgIpc) is 1.69. The van der Waals surface area contributed by atoms with Gasteiger partial charge in [0.15, 0.2) is 5.96 Å². The van der Waals surface area contributed by atoms with Gasteiger partial charge in [0.1, 0.15) is 71.0 Å². The first-order valence-corrected chi connectivity index (χ1v) is 36.2. The summed E-state index contributed by atoms with van der Waals surface area (Å²) < 4.78 is 35.4. The lowest BCUT2D eigenvalue weighted by Gasteiger charge is -2.36. The van der Waals surface area contributed by atoms with Gasteiger partial charge in [-0.1, -0.05) is 36.4 Å². The molecule has 1 fully saturated rings. The monoisotopic (exact) mass is 1490 g/mol. The van der Waals surface area contributed by atoms with E-state index < -0.39 is 150 Å². The number of aromatic nitrogens is 4. The highest BCUT2D eigenvalue weighted by atomic mass is 32.2. The second kappa shape index (κ2) is 36.9. The summed E-state index contributed by atoms with van der Waals surface area (Å²) in [5, 5.41) is 43.3. The van der Waals surface area contributed by atoms with Crippen molar-refractivity contribution in [3.8, 4) is 5.75 Å². The molecule has 4 aromatic carbocycles. The third-order valence-electron chi connectivity index (χ3n) is 17.9. The number of ether oxygens (including phenoxy) is 1. The Hall–Kier alpha value is -11.0. The van der Waals surface area contributed by atoms with Crippen molar-refractivity contribution < 1.29 is 76.5 Å². The van der Waals surface area contributed by atoms with E-state index in [0.717, 1.165) is 17.2 Å². The van der Waals surface area contributed by atoms with Crippen LogP contribution in [0.15, 0.2) is 115 Å². The second-order valence-electron chi connectivity index (χ2n) is 25.6. The molecule has 30 nitrogen and oxygen atoms in total. The summed E-state index contributed by atoms with van der Waals surface area (Å²) in [6.45, 7) is 3.23. The summed E-state index contributed by atoms with van der Waals surface area (Å²) in [6, 6.07) is 10.7. The van der Waals surface area contributed by atoms with Crippen molar-refractivity contribution in [2.75, 3.05) is 38.2 Å². The molecule has 0 aliphatic carbocycles. The topological polar surface area (TPSA) is 448 Å². The van der Waals surface area contributed by atoms with Crippen LogP contribution in [0.25, 0.3) is 21.8 Å². The average molecular weight is 1490 g/mol. The van der Waals surface area contributed by atoms with Gasteiger partial charge >= 0.3 is 12.1 Å². The number of methoxy groups -OCH3 is 1. The van der Waals surface area contributed by atoms with Crippen molar-refractivity contribution in [2.45, 2.75) is 137 Å². The largest absolute Gasteiger partial charge is 0.497 e. The summed E-state index contributed by atoms with van der Waals surface area (Å²) in [5.41, 5.74) is 8.18. The highest BCUT2D eigenvalue weighted by Crippen LogP contribution is 2.31. The molecule has 558 valence electrons. The van der Waals surface area contributed by atoms with Gasteiger partial charge in [0.05, 0.1) is 13.5 Å². The molecular formula is C71H84F2N16O14S2. The van der Waals surface area contributed by atoms with Gasteiger partial charge in [-0.3, -0.25) is 58.3 Å². The number of H-pyrrole nitrogens is 3. The number of nitrogens with zero attached hydrogens (tertiary/aromatic N) is 3. The lowest BCUT2D eigenvalue weighted by atomic mass is 9.95. The van der Waals surface area contributed by atoms with Crippen LogP contribution >= 0.6 is 23.5 Å². The molecule has 0 radical (unpaired) electrons. The van der Waals surface area contributed by atoms with Gasteiger partial charge < -0.3 is 83.1 Å². The van der Waals surface area contributed by atoms with Gasteiger partial charge in [0.2, 0.25) is 53.2 Å². The number of carboxylic acids is 1. The van der Waals surface area contributed by atoms with E-state index in [0.29, 0.717) is 57.2 Å². The molecule has 2 aliphatic heterocycles. The van der Waals surface area contributed by atoms with E-state index in [1.54, 1.807) is 43.0 Å². The number of amides is 10. The fourth-order valence-corrected chi connectivity index (χ4v) is 14.1. The number of nitrogens with two attached hydrogens (primary N) is 1. The summed E-state index contributed by atoms with van der Waals surface area (Å²) >= 11 is 3.03. The Bertz CT molecular complexity index is 4330. The van der Waals surface area contributed by atoms with Crippen LogP contribution in [0, 0.1) is 11.6 Å². The number of hydrogen-bond donors (Lipinski definition) is 15. The smallest absolute Gasteiger partial charge is 0.411 e. The molecule has 34 heteroatoms. The molecule has 10 amide bonds. The number of aliphatic carboxylic acids is 1. The Morgan fingerprint density at radius 1 is 0.686 bits per heavy atom. The number of carbonyl (C=O) groups excluding carboxylic acids is 9. The molecule has 3 aromatic heterocycles. The molecule has 0 unspecified atom stereocenters.